The van der Waals surface area contributed by atoms with Crippen LogP contribution in [0.25, 0.3) is 32.1 Å². The SMILES string of the molecule is CCCCc1ccc(-c2c(O)cc(Br)c3[nH]c(=O)c4sccc4c23)cc1F. The molecule has 2 aromatic heterocycles. The maximum atomic E-state index is 14.6. The molecule has 0 aliphatic rings. The number of hydrogen-bond donors (Lipinski definition) is 2. The van der Waals surface area contributed by atoms with Crippen LogP contribution in [0.15, 0.2) is 45.0 Å². The van der Waals surface area contributed by atoms with Crippen molar-refractivity contribution in [1.82, 2.24) is 4.98 Å². The molecule has 138 valence electrons. The Hall–Kier alpha value is -2.18. The highest BCUT2D eigenvalue weighted by Crippen LogP contribution is 2.43. The van der Waals surface area contributed by atoms with Crippen molar-refractivity contribution in [2.24, 2.45) is 0 Å². The van der Waals surface area contributed by atoms with Gasteiger partial charge in [-0.05, 0) is 63.5 Å². The molecule has 0 spiro atoms. The Bertz CT molecular complexity index is 1230. The summed E-state index contributed by atoms with van der Waals surface area (Å²) < 4.78 is 15.8. The Balaban J connectivity index is 2.03. The van der Waals surface area contributed by atoms with Gasteiger partial charge < -0.3 is 10.1 Å². The van der Waals surface area contributed by atoms with Crippen LogP contribution < -0.4 is 5.56 Å². The standard InChI is InChI=1S/C21H17BrFNO2S/c1-2-3-4-11-5-6-12(9-15(11)23)17-16(25)10-14(22)19-18(17)13-7-8-27-20(13)21(26)24-19/h5-10,25H,2-4H2,1H3,(H,24,26). The summed E-state index contributed by atoms with van der Waals surface area (Å²) >= 11 is 4.76. The lowest BCUT2D eigenvalue weighted by Gasteiger charge is -2.13. The highest BCUT2D eigenvalue weighted by atomic mass is 79.9. The molecule has 0 saturated carbocycles. The van der Waals surface area contributed by atoms with Crippen LogP contribution in [0.1, 0.15) is 25.3 Å². The van der Waals surface area contributed by atoms with Gasteiger partial charge in [0.1, 0.15) is 16.3 Å². The molecule has 27 heavy (non-hydrogen) atoms. The Labute approximate surface area is 167 Å². The Morgan fingerprint density at radius 1 is 1.26 bits per heavy atom. The van der Waals surface area contributed by atoms with E-state index in [1.807, 2.05) is 17.5 Å². The second-order valence-corrected chi connectivity index (χ2v) is 8.30. The quantitative estimate of drug-likeness (QED) is 0.383. The van der Waals surface area contributed by atoms with Gasteiger partial charge in [0.25, 0.3) is 5.56 Å². The van der Waals surface area contributed by atoms with Crippen molar-refractivity contribution in [2.45, 2.75) is 26.2 Å². The summed E-state index contributed by atoms with van der Waals surface area (Å²) in [6, 6.07) is 8.48. The third-order valence-corrected chi connectivity index (χ3v) is 6.32. The number of phenols is 1. The fourth-order valence-corrected chi connectivity index (χ4v) is 4.76. The molecule has 0 saturated heterocycles. The van der Waals surface area contributed by atoms with Crippen LogP contribution >= 0.6 is 27.3 Å². The molecular weight excluding hydrogens is 429 g/mol. The van der Waals surface area contributed by atoms with Gasteiger partial charge in [0.15, 0.2) is 0 Å². The number of pyridine rings is 1. The summed E-state index contributed by atoms with van der Waals surface area (Å²) in [5.41, 5.74) is 2.20. The molecule has 0 bridgehead atoms. The summed E-state index contributed by atoms with van der Waals surface area (Å²) in [6.45, 7) is 2.07. The minimum Gasteiger partial charge on any atom is -0.507 e. The first-order valence-electron chi connectivity index (χ1n) is 8.74. The van der Waals surface area contributed by atoms with Crippen molar-refractivity contribution in [3.8, 4) is 16.9 Å². The van der Waals surface area contributed by atoms with Crippen LogP contribution in [0.3, 0.4) is 0 Å². The van der Waals surface area contributed by atoms with E-state index in [4.69, 9.17) is 0 Å². The van der Waals surface area contributed by atoms with Gasteiger partial charge in [-0.1, -0.05) is 25.5 Å². The topological polar surface area (TPSA) is 53.1 Å². The zero-order chi connectivity index (χ0) is 19.1. The zero-order valence-corrected chi connectivity index (χ0v) is 17.0. The molecule has 4 aromatic rings. The average molecular weight is 446 g/mol. The predicted octanol–water partition coefficient (Wildman–Crippen LogP) is 6.36. The van der Waals surface area contributed by atoms with Crippen molar-refractivity contribution >= 4 is 48.3 Å². The molecule has 0 aliphatic carbocycles. The summed E-state index contributed by atoms with van der Waals surface area (Å²) in [5.74, 6) is -0.239. The van der Waals surface area contributed by atoms with Crippen LogP contribution in [-0.2, 0) is 6.42 Å². The molecule has 6 heteroatoms. The number of aromatic nitrogens is 1. The van der Waals surface area contributed by atoms with Gasteiger partial charge in [0.2, 0.25) is 0 Å². The average Bonchev–Trinajstić information content (AvgIpc) is 3.12. The summed E-state index contributed by atoms with van der Waals surface area (Å²) in [7, 11) is 0. The van der Waals surface area contributed by atoms with E-state index in [0.717, 1.165) is 18.2 Å². The minimum absolute atomic E-state index is 0.0367. The number of rotatable bonds is 4. The molecule has 0 aliphatic heterocycles. The number of benzene rings is 2. The van der Waals surface area contributed by atoms with E-state index in [9.17, 15) is 14.3 Å². The van der Waals surface area contributed by atoms with Gasteiger partial charge >= 0.3 is 0 Å². The maximum absolute atomic E-state index is 14.6. The number of aromatic amines is 1. The first-order chi connectivity index (χ1) is 13.0. The van der Waals surface area contributed by atoms with Gasteiger partial charge in [-0.25, -0.2) is 4.39 Å². The van der Waals surface area contributed by atoms with E-state index in [0.29, 0.717) is 43.2 Å². The number of H-pyrrole nitrogens is 1. The van der Waals surface area contributed by atoms with Gasteiger partial charge in [-0.3, -0.25) is 4.79 Å². The summed E-state index contributed by atoms with van der Waals surface area (Å²) in [5, 5.41) is 14.0. The number of unbranched alkanes of at least 4 members (excludes halogenated alkanes) is 1. The number of thiophene rings is 1. The van der Waals surface area contributed by atoms with E-state index in [1.54, 1.807) is 6.07 Å². The van der Waals surface area contributed by atoms with Gasteiger partial charge in [-0.2, -0.15) is 0 Å². The second-order valence-electron chi connectivity index (χ2n) is 6.53. The Morgan fingerprint density at radius 3 is 2.81 bits per heavy atom. The molecular formula is C21H17BrFNO2S. The molecule has 0 atom stereocenters. The summed E-state index contributed by atoms with van der Waals surface area (Å²) in [4.78, 5) is 15.2. The fourth-order valence-electron chi connectivity index (χ4n) is 3.45. The van der Waals surface area contributed by atoms with Gasteiger partial charge in [0.05, 0.1) is 5.52 Å². The van der Waals surface area contributed by atoms with E-state index in [2.05, 4.69) is 27.8 Å². The molecule has 2 aromatic carbocycles. The van der Waals surface area contributed by atoms with E-state index in [1.165, 1.54) is 23.5 Å². The molecule has 0 unspecified atom stereocenters. The third kappa shape index (κ3) is 3.07. The highest BCUT2D eigenvalue weighted by molar-refractivity contribution is 9.10. The number of fused-ring (bicyclic) bond motifs is 3. The van der Waals surface area contributed by atoms with E-state index in [-0.39, 0.29) is 17.1 Å². The van der Waals surface area contributed by atoms with Crippen molar-refractivity contribution in [2.75, 3.05) is 0 Å². The Morgan fingerprint density at radius 2 is 2.07 bits per heavy atom. The predicted molar refractivity (Wildman–Crippen MR) is 113 cm³/mol. The van der Waals surface area contributed by atoms with Crippen LogP contribution in [0.2, 0.25) is 0 Å². The molecule has 2 N–H and O–H groups in total. The lowest BCUT2D eigenvalue weighted by atomic mass is 9.95. The Kier molecular flexibility index (Phi) is 4.78. The first-order valence-corrected chi connectivity index (χ1v) is 10.4. The fraction of sp³-hybridized carbons (Fsp3) is 0.190. The van der Waals surface area contributed by atoms with Gasteiger partial charge in [0, 0.05) is 20.8 Å². The molecule has 0 fully saturated rings. The van der Waals surface area contributed by atoms with Crippen molar-refractivity contribution < 1.29 is 9.50 Å². The first kappa shape index (κ1) is 18.2. The number of aryl methyl sites for hydroxylation is 1. The molecule has 4 rings (SSSR count). The molecule has 0 radical (unpaired) electrons. The van der Waals surface area contributed by atoms with Crippen LogP contribution in [0, 0.1) is 5.82 Å². The molecule has 2 heterocycles. The van der Waals surface area contributed by atoms with Gasteiger partial charge in [-0.15, -0.1) is 11.3 Å². The van der Waals surface area contributed by atoms with Crippen molar-refractivity contribution in [3.63, 3.8) is 0 Å². The second kappa shape index (κ2) is 7.09. The lowest BCUT2D eigenvalue weighted by molar-refractivity contribution is 0.477. The summed E-state index contributed by atoms with van der Waals surface area (Å²) in [6.07, 6.45) is 2.63. The van der Waals surface area contributed by atoms with Crippen molar-refractivity contribution in [3.05, 3.63) is 61.9 Å². The number of hydrogen-bond acceptors (Lipinski definition) is 3. The normalized spacial score (nSPS) is 11.5. The zero-order valence-electron chi connectivity index (χ0n) is 14.6. The molecule has 3 nitrogen and oxygen atoms in total. The number of aromatic hydroxyl groups is 1. The highest BCUT2D eigenvalue weighted by Gasteiger charge is 2.18. The maximum Gasteiger partial charge on any atom is 0.266 e. The van der Waals surface area contributed by atoms with E-state index >= 15 is 0 Å². The number of phenolic OH excluding ortho intramolecular Hbond substituents is 1. The van der Waals surface area contributed by atoms with Crippen LogP contribution in [-0.4, -0.2) is 10.1 Å². The van der Waals surface area contributed by atoms with Crippen LogP contribution in [0.4, 0.5) is 4.39 Å². The minimum atomic E-state index is -0.276. The van der Waals surface area contributed by atoms with E-state index < -0.39 is 0 Å². The van der Waals surface area contributed by atoms with Crippen molar-refractivity contribution in [1.29, 1.82) is 0 Å². The lowest BCUT2D eigenvalue weighted by Crippen LogP contribution is -2.05. The molecule has 0 amide bonds. The smallest absolute Gasteiger partial charge is 0.266 e. The monoisotopic (exact) mass is 445 g/mol. The number of halogens is 2. The number of nitrogens with one attached hydrogen (secondary N) is 1. The largest absolute Gasteiger partial charge is 0.507 e. The third-order valence-electron chi connectivity index (χ3n) is 4.78. The van der Waals surface area contributed by atoms with Crippen LogP contribution in [0.5, 0.6) is 5.75 Å².